The van der Waals surface area contributed by atoms with Gasteiger partial charge in [-0.15, -0.1) is 0 Å². The summed E-state index contributed by atoms with van der Waals surface area (Å²) in [5.74, 6) is 0.449. The second kappa shape index (κ2) is 7.60. The van der Waals surface area contributed by atoms with E-state index in [9.17, 15) is 9.59 Å². The minimum absolute atomic E-state index is 0.0643. The lowest BCUT2D eigenvalue weighted by molar-refractivity contribution is -0.122. The molecule has 5 nitrogen and oxygen atoms in total. The summed E-state index contributed by atoms with van der Waals surface area (Å²) in [4.78, 5) is 26.7. The summed E-state index contributed by atoms with van der Waals surface area (Å²) in [5, 5.41) is 2.95. The second-order valence-electron chi connectivity index (χ2n) is 6.85. The SMILES string of the molecule is COc1ccccc1N1C[C@@H](C(=O)Nc2cccc(C(C)C)c2)CC1=O. The van der Waals surface area contributed by atoms with Gasteiger partial charge in [-0.2, -0.15) is 0 Å². The molecule has 0 saturated carbocycles. The van der Waals surface area contributed by atoms with Crippen molar-refractivity contribution in [2.75, 3.05) is 23.9 Å². The Labute approximate surface area is 154 Å². The van der Waals surface area contributed by atoms with Crippen LogP contribution < -0.4 is 15.0 Å². The third-order valence-corrected chi connectivity index (χ3v) is 4.69. The number of hydrogen-bond donors (Lipinski definition) is 1. The highest BCUT2D eigenvalue weighted by Gasteiger charge is 2.36. The van der Waals surface area contributed by atoms with Crippen LogP contribution in [-0.4, -0.2) is 25.5 Å². The Morgan fingerprint density at radius 1 is 1.19 bits per heavy atom. The van der Waals surface area contributed by atoms with Gasteiger partial charge >= 0.3 is 0 Å². The van der Waals surface area contributed by atoms with Gasteiger partial charge < -0.3 is 15.0 Å². The lowest BCUT2D eigenvalue weighted by atomic mass is 10.0. The van der Waals surface area contributed by atoms with E-state index in [2.05, 4.69) is 19.2 Å². The number of para-hydroxylation sites is 2. The molecule has 26 heavy (non-hydrogen) atoms. The Balaban J connectivity index is 1.72. The molecule has 3 rings (SSSR count). The summed E-state index contributed by atoms with van der Waals surface area (Å²) in [6, 6.07) is 15.2. The van der Waals surface area contributed by atoms with Crippen molar-refractivity contribution in [2.24, 2.45) is 5.92 Å². The molecule has 0 aromatic heterocycles. The van der Waals surface area contributed by atoms with Crippen molar-refractivity contribution in [1.82, 2.24) is 0 Å². The zero-order valence-electron chi connectivity index (χ0n) is 15.4. The molecular formula is C21H24N2O3. The number of benzene rings is 2. The van der Waals surface area contributed by atoms with Gasteiger partial charge in [-0.1, -0.05) is 38.1 Å². The summed E-state index contributed by atoms with van der Waals surface area (Å²) in [6.07, 6.45) is 0.202. The van der Waals surface area contributed by atoms with Crippen LogP contribution in [0.2, 0.25) is 0 Å². The average molecular weight is 352 g/mol. The number of rotatable bonds is 5. The molecule has 1 fully saturated rings. The number of hydrogen-bond acceptors (Lipinski definition) is 3. The highest BCUT2D eigenvalue weighted by Crippen LogP contribution is 2.33. The molecule has 1 aliphatic heterocycles. The van der Waals surface area contributed by atoms with Crippen LogP contribution in [0.3, 0.4) is 0 Å². The monoisotopic (exact) mass is 352 g/mol. The van der Waals surface area contributed by atoms with Crippen molar-refractivity contribution < 1.29 is 14.3 Å². The van der Waals surface area contributed by atoms with Crippen LogP contribution in [0.25, 0.3) is 0 Å². The number of ether oxygens (including phenoxy) is 1. The van der Waals surface area contributed by atoms with Gasteiger partial charge in [0.2, 0.25) is 11.8 Å². The van der Waals surface area contributed by atoms with Gasteiger partial charge in [-0.25, -0.2) is 0 Å². The second-order valence-corrected chi connectivity index (χ2v) is 6.85. The van der Waals surface area contributed by atoms with Gasteiger partial charge in [-0.3, -0.25) is 9.59 Å². The molecule has 0 unspecified atom stereocenters. The van der Waals surface area contributed by atoms with E-state index in [4.69, 9.17) is 4.74 Å². The number of amides is 2. The zero-order chi connectivity index (χ0) is 18.7. The lowest BCUT2D eigenvalue weighted by Crippen LogP contribution is -2.28. The third kappa shape index (κ3) is 3.72. The van der Waals surface area contributed by atoms with Crippen molar-refractivity contribution in [3.05, 3.63) is 54.1 Å². The van der Waals surface area contributed by atoms with E-state index in [1.807, 2.05) is 48.5 Å². The molecule has 0 bridgehead atoms. The number of nitrogens with one attached hydrogen (secondary N) is 1. The number of nitrogens with zero attached hydrogens (tertiary/aromatic N) is 1. The number of methoxy groups -OCH3 is 1. The van der Waals surface area contributed by atoms with Crippen molar-refractivity contribution in [3.63, 3.8) is 0 Å². The quantitative estimate of drug-likeness (QED) is 0.890. The van der Waals surface area contributed by atoms with Crippen LogP contribution in [0, 0.1) is 5.92 Å². The van der Waals surface area contributed by atoms with Crippen LogP contribution in [-0.2, 0) is 9.59 Å². The topological polar surface area (TPSA) is 58.6 Å². The maximum Gasteiger partial charge on any atom is 0.229 e. The highest BCUT2D eigenvalue weighted by atomic mass is 16.5. The first kappa shape index (κ1) is 18.0. The predicted octanol–water partition coefficient (Wildman–Crippen LogP) is 3.81. The van der Waals surface area contributed by atoms with Crippen molar-refractivity contribution in [3.8, 4) is 5.75 Å². The van der Waals surface area contributed by atoms with E-state index in [-0.39, 0.29) is 24.2 Å². The molecular weight excluding hydrogens is 328 g/mol. The van der Waals surface area contributed by atoms with Gasteiger partial charge in [0.05, 0.1) is 18.7 Å². The largest absolute Gasteiger partial charge is 0.495 e. The van der Waals surface area contributed by atoms with E-state index < -0.39 is 0 Å². The smallest absolute Gasteiger partial charge is 0.229 e. The molecule has 1 atom stereocenters. The molecule has 0 spiro atoms. The average Bonchev–Trinajstić information content (AvgIpc) is 3.03. The first-order chi connectivity index (χ1) is 12.5. The molecule has 2 amide bonds. The molecule has 1 heterocycles. The van der Waals surface area contributed by atoms with Gasteiger partial charge in [0, 0.05) is 18.7 Å². The minimum atomic E-state index is -0.380. The first-order valence-corrected chi connectivity index (χ1v) is 8.83. The van der Waals surface area contributed by atoms with Crippen LogP contribution in [0.1, 0.15) is 31.7 Å². The molecule has 1 N–H and O–H groups in total. The number of anilines is 2. The summed E-state index contributed by atoms with van der Waals surface area (Å²) in [7, 11) is 1.57. The normalized spacial score (nSPS) is 16.8. The maximum atomic E-state index is 12.7. The molecule has 0 radical (unpaired) electrons. The van der Waals surface area contributed by atoms with Crippen LogP contribution in [0.5, 0.6) is 5.75 Å². The Hall–Kier alpha value is -2.82. The molecule has 2 aromatic carbocycles. The highest BCUT2D eigenvalue weighted by molar-refractivity contribution is 6.04. The third-order valence-electron chi connectivity index (χ3n) is 4.69. The summed E-state index contributed by atoms with van der Waals surface area (Å²) >= 11 is 0. The molecule has 1 saturated heterocycles. The zero-order valence-corrected chi connectivity index (χ0v) is 15.4. The predicted molar refractivity (Wildman–Crippen MR) is 103 cm³/mol. The molecule has 2 aromatic rings. The number of carbonyl (C=O) groups is 2. The summed E-state index contributed by atoms with van der Waals surface area (Å²) in [5.41, 5.74) is 2.64. The number of carbonyl (C=O) groups excluding carboxylic acids is 2. The Bertz CT molecular complexity index is 816. The Morgan fingerprint density at radius 3 is 2.69 bits per heavy atom. The van der Waals surface area contributed by atoms with E-state index in [1.54, 1.807) is 12.0 Å². The van der Waals surface area contributed by atoms with E-state index in [1.165, 1.54) is 5.56 Å². The van der Waals surface area contributed by atoms with Gasteiger partial charge in [0.25, 0.3) is 0 Å². The Morgan fingerprint density at radius 2 is 1.96 bits per heavy atom. The fraction of sp³-hybridized carbons (Fsp3) is 0.333. The Kier molecular flexibility index (Phi) is 5.26. The van der Waals surface area contributed by atoms with E-state index in [0.717, 1.165) is 5.69 Å². The van der Waals surface area contributed by atoms with Crippen LogP contribution in [0.15, 0.2) is 48.5 Å². The lowest BCUT2D eigenvalue weighted by Gasteiger charge is -2.19. The molecule has 5 heteroatoms. The van der Waals surface area contributed by atoms with Gasteiger partial charge in [0.15, 0.2) is 0 Å². The first-order valence-electron chi connectivity index (χ1n) is 8.83. The van der Waals surface area contributed by atoms with Crippen molar-refractivity contribution in [2.45, 2.75) is 26.2 Å². The summed E-state index contributed by atoms with van der Waals surface area (Å²) in [6.45, 7) is 4.58. The van der Waals surface area contributed by atoms with Gasteiger partial charge in [-0.05, 0) is 35.7 Å². The fourth-order valence-electron chi connectivity index (χ4n) is 3.19. The molecule has 0 aliphatic carbocycles. The maximum absolute atomic E-state index is 12.7. The van der Waals surface area contributed by atoms with Crippen LogP contribution in [0.4, 0.5) is 11.4 Å². The van der Waals surface area contributed by atoms with Crippen molar-refractivity contribution in [1.29, 1.82) is 0 Å². The standard InChI is InChI=1S/C21H24N2O3/c1-14(2)15-7-6-8-17(11-15)22-21(25)16-12-20(24)23(13-16)18-9-4-5-10-19(18)26-3/h4-11,14,16H,12-13H2,1-3H3,(H,22,25)/t16-/m0/s1. The molecule has 136 valence electrons. The fourth-order valence-corrected chi connectivity index (χ4v) is 3.19. The van der Waals surface area contributed by atoms with Gasteiger partial charge in [0.1, 0.15) is 5.75 Å². The van der Waals surface area contributed by atoms with E-state index in [0.29, 0.717) is 23.9 Å². The summed E-state index contributed by atoms with van der Waals surface area (Å²) < 4.78 is 5.34. The van der Waals surface area contributed by atoms with Crippen LogP contribution >= 0.6 is 0 Å². The molecule has 1 aliphatic rings. The minimum Gasteiger partial charge on any atom is -0.495 e. The van der Waals surface area contributed by atoms with E-state index >= 15 is 0 Å². The van der Waals surface area contributed by atoms with Crippen molar-refractivity contribution >= 4 is 23.2 Å².